The third-order valence-corrected chi connectivity index (χ3v) is 3.76. The average molecular weight is 277 g/mol. The van der Waals surface area contributed by atoms with Crippen LogP contribution in [0, 0.1) is 0 Å². The number of carbonyl (C=O) groups excluding carboxylic acids is 1. The van der Waals surface area contributed by atoms with Gasteiger partial charge in [0.2, 0.25) is 0 Å². The van der Waals surface area contributed by atoms with Gasteiger partial charge in [-0.1, -0.05) is 0 Å². The lowest BCUT2D eigenvalue weighted by Crippen LogP contribution is -2.53. The first-order valence-electron chi connectivity index (χ1n) is 6.99. The van der Waals surface area contributed by atoms with Crippen LogP contribution in [0.4, 0.5) is 0 Å². The minimum atomic E-state index is -0.188. The number of Topliss-reactive ketones (excluding diaryl/α,β-unsaturated/α-hetero) is 1. The third kappa shape index (κ3) is 3.38. The molecule has 0 aliphatic carbocycles. The minimum Gasteiger partial charge on any atom is -0.497 e. The normalized spacial score (nSPS) is 20.4. The Kier molecular flexibility index (Phi) is 4.45. The molecular formula is C16H23NO3. The van der Waals surface area contributed by atoms with Gasteiger partial charge in [0.15, 0.2) is 5.78 Å². The van der Waals surface area contributed by atoms with E-state index in [1.54, 1.807) is 7.11 Å². The maximum atomic E-state index is 12.5. The predicted molar refractivity (Wildman–Crippen MR) is 78.4 cm³/mol. The van der Waals surface area contributed by atoms with E-state index in [0.29, 0.717) is 6.61 Å². The molecule has 0 saturated carbocycles. The molecule has 0 spiro atoms. The van der Waals surface area contributed by atoms with E-state index < -0.39 is 0 Å². The van der Waals surface area contributed by atoms with Crippen LogP contribution >= 0.6 is 0 Å². The summed E-state index contributed by atoms with van der Waals surface area (Å²) in [6.07, 6.45) is 0. The maximum absolute atomic E-state index is 12.5. The zero-order chi connectivity index (χ0) is 14.8. The van der Waals surface area contributed by atoms with Crippen molar-refractivity contribution in [1.29, 1.82) is 0 Å². The highest BCUT2D eigenvalue weighted by molar-refractivity contribution is 5.99. The molecule has 4 nitrogen and oxygen atoms in total. The molecule has 1 aliphatic rings. The fourth-order valence-electron chi connectivity index (χ4n) is 2.55. The predicted octanol–water partition coefficient (Wildman–Crippen LogP) is 2.38. The zero-order valence-corrected chi connectivity index (χ0v) is 12.7. The number of hydrogen-bond acceptors (Lipinski definition) is 4. The molecule has 1 saturated heterocycles. The Morgan fingerprint density at radius 1 is 1.35 bits per heavy atom. The average Bonchev–Trinajstić information content (AvgIpc) is 2.45. The SMILES string of the molecule is COc1ccc(C(=O)C(C)N2CCOC(C)(C)C2)cc1. The molecule has 1 unspecified atom stereocenters. The van der Waals surface area contributed by atoms with Crippen molar-refractivity contribution in [2.24, 2.45) is 0 Å². The summed E-state index contributed by atoms with van der Waals surface area (Å²) < 4.78 is 10.8. The van der Waals surface area contributed by atoms with Crippen molar-refractivity contribution in [3.8, 4) is 5.75 Å². The second-order valence-electron chi connectivity index (χ2n) is 5.85. The van der Waals surface area contributed by atoms with Crippen molar-refractivity contribution < 1.29 is 14.3 Å². The van der Waals surface area contributed by atoms with Crippen LogP contribution in [0.1, 0.15) is 31.1 Å². The van der Waals surface area contributed by atoms with Crippen LogP contribution in [-0.4, -0.2) is 49.1 Å². The van der Waals surface area contributed by atoms with E-state index in [1.165, 1.54) is 0 Å². The van der Waals surface area contributed by atoms with E-state index in [1.807, 2.05) is 31.2 Å². The van der Waals surface area contributed by atoms with Gasteiger partial charge in [-0.2, -0.15) is 0 Å². The van der Waals surface area contributed by atoms with Gasteiger partial charge < -0.3 is 9.47 Å². The Hall–Kier alpha value is -1.39. The Labute approximate surface area is 120 Å². The molecule has 0 amide bonds. The molecule has 0 N–H and O–H groups in total. The molecule has 1 aromatic carbocycles. The van der Waals surface area contributed by atoms with Gasteiger partial charge in [0.05, 0.1) is 25.4 Å². The van der Waals surface area contributed by atoms with Crippen molar-refractivity contribution in [1.82, 2.24) is 4.90 Å². The van der Waals surface area contributed by atoms with Gasteiger partial charge in [-0.25, -0.2) is 0 Å². The standard InChI is InChI=1S/C16H23NO3/c1-12(17-9-10-20-16(2,3)11-17)15(18)13-5-7-14(19-4)8-6-13/h5-8,12H,9-11H2,1-4H3. The van der Waals surface area contributed by atoms with E-state index in [-0.39, 0.29) is 17.4 Å². The number of carbonyl (C=O) groups is 1. The molecule has 0 bridgehead atoms. The maximum Gasteiger partial charge on any atom is 0.179 e. The van der Waals surface area contributed by atoms with Crippen LogP contribution in [0.25, 0.3) is 0 Å². The monoisotopic (exact) mass is 277 g/mol. The minimum absolute atomic E-state index is 0.133. The largest absolute Gasteiger partial charge is 0.497 e. The first kappa shape index (κ1) is 15.0. The van der Waals surface area contributed by atoms with Gasteiger partial charge in [0, 0.05) is 18.7 Å². The number of rotatable bonds is 4. The van der Waals surface area contributed by atoms with Crippen molar-refractivity contribution in [3.63, 3.8) is 0 Å². The van der Waals surface area contributed by atoms with Gasteiger partial charge >= 0.3 is 0 Å². The number of ketones is 1. The summed E-state index contributed by atoms with van der Waals surface area (Å²) in [6.45, 7) is 8.33. The van der Waals surface area contributed by atoms with Crippen LogP contribution in [0.15, 0.2) is 24.3 Å². The second-order valence-corrected chi connectivity index (χ2v) is 5.85. The summed E-state index contributed by atoms with van der Waals surface area (Å²) in [5.74, 6) is 0.909. The van der Waals surface area contributed by atoms with Gasteiger partial charge in [-0.3, -0.25) is 9.69 Å². The van der Waals surface area contributed by atoms with Gasteiger partial charge in [0.25, 0.3) is 0 Å². The number of methoxy groups -OCH3 is 1. The smallest absolute Gasteiger partial charge is 0.179 e. The summed E-state index contributed by atoms with van der Waals surface area (Å²) >= 11 is 0. The lowest BCUT2D eigenvalue weighted by Gasteiger charge is -2.40. The molecule has 4 heteroatoms. The van der Waals surface area contributed by atoms with E-state index in [2.05, 4.69) is 18.7 Å². The van der Waals surface area contributed by atoms with Crippen molar-refractivity contribution in [2.45, 2.75) is 32.4 Å². The summed E-state index contributed by atoms with van der Waals surface area (Å²) in [5.41, 5.74) is 0.537. The van der Waals surface area contributed by atoms with Gasteiger partial charge in [-0.05, 0) is 45.0 Å². The lowest BCUT2D eigenvalue weighted by atomic mass is 10.0. The van der Waals surface area contributed by atoms with E-state index >= 15 is 0 Å². The van der Waals surface area contributed by atoms with Crippen LogP contribution in [0.5, 0.6) is 5.75 Å². The Morgan fingerprint density at radius 2 is 2.00 bits per heavy atom. The molecule has 1 aromatic rings. The molecule has 1 aliphatic heterocycles. The molecule has 1 fully saturated rings. The number of morpholine rings is 1. The van der Waals surface area contributed by atoms with Crippen molar-refractivity contribution in [2.75, 3.05) is 26.8 Å². The van der Waals surface area contributed by atoms with Crippen LogP contribution < -0.4 is 4.74 Å². The van der Waals surface area contributed by atoms with Crippen LogP contribution in [0.2, 0.25) is 0 Å². The van der Waals surface area contributed by atoms with E-state index in [9.17, 15) is 4.79 Å². The third-order valence-electron chi connectivity index (χ3n) is 3.76. The second kappa shape index (κ2) is 5.94. The number of benzene rings is 1. The quantitative estimate of drug-likeness (QED) is 0.792. The topological polar surface area (TPSA) is 38.8 Å². The highest BCUT2D eigenvalue weighted by Gasteiger charge is 2.32. The zero-order valence-electron chi connectivity index (χ0n) is 12.7. The first-order valence-corrected chi connectivity index (χ1v) is 6.99. The van der Waals surface area contributed by atoms with Gasteiger partial charge in [0.1, 0.15) is 5.75 Å². The molecule has 110 valence electrons. The fourth-order valence-corrected chi connectivity index (χ4v) is 2.55. The molecule has 1 heterocycles. The lowest BCUT2D eigenvalue weighted by molar-refractivity contribution is -0.0915. The molecule has 2 rings (SSSR count). The summed E-state index contributed by atoms with van der Waals surface area (Å²) in [5, 5.41) is 0. The van der Waals surface area contributed by atoms with Crippen LogP contribution in [0.3, 0.4) is 0 Å². The number of hydrogen-bond donors (Lipinski definition) is 0. The number of ether oxygens (including phenoxy) is 2. The number of nitrogens with zero attached hydrogens (tertiary/aromatic N) is 1. The van der Waals surface area contributed by atoms with Crippen molar-refractivity contribution >= 4 is 5.78 Å². The van der Waals surface area contributed by atoms with Crippen molar-refractivity contribution in [3.05, 3.63) is 29.8 Å². The molecular weight excluding hydrogens is 254 g/mol. The fraction of sp³-hybridized carbons (Fsp3) is 0.562. The van der Waals surface area contributed by atoms with Gasteiger partial charge in [-0.15, -0.1) is 0 Å². The molecule has 0 aromatic heterocycles. The Morgan fingerprint density at radius 3 is 2.55 bits per heavy atom. The Balaban J connectivity index is 2.07. The van der Waals surface area contributed by atoms with Crippen LogP contribution in [-0.2, 0) is 4.74 Å². The summed E-state index contributed by atoms with van der Waals surface area (Å²) in [7, 11) is 1.62. The highest BCUT2D eigenvalue weighted by Crippen LogP contribution is 2.21. The highest BCUT2D eigenvalue weighted by atomic mass is 16.5. The Bertz CT molecular complexity index is 467. The van der Waals surface area contributed by atoms with E-state index in [0.717, 1.165) is 24.4 Å². The summed E-state index contributed by atoms with van der Waals surface area (Å²) in [4.78, 5) is 14.7. The molecule has 1 atom stereocenters. The van der Waals surface area contributed by atoms with E-state index in [4.69, 9.17) is 9.47 Å². The first-order chi connectivity index (χ1) is 9.43. The molecule has 0 radical (unpaired) electrons. The molecule has 20 heavy (non-hydrogen) atoms. The summed E-state index contributed by atoms with van der Waals surface area (Å²) in [6, 6.07) is 7.16.